The van der Waals surface area contributed by atoms with Gasteiger partial charge in [0.15, 0.2) is 9.84 Å². The van der Waals surface area contributed by atoms with Gasteiger partial charge in [0, 0.05) is 6.07 Å². The van der Waals surface area contributed by atoms with Crippen LogP contribution in [0.5, 0.6) is 5.75 Å². The number of anilines is 1. The van der Waals surface area contributed by atoms with Crippen LogP contribution in [0.15, 0.2) is 53.4 Å². The zero-order valence-corrected chi connectivity index (χ0v) is 17.2. The molecule has 0 saturated carbocycles. The molecule has 0 aliphatic carbocycles. The number of aliphatic hydroxyl groups is 1. The van der Waals surface area contributed by atoms with Crippen molar-refractivity contribution in [3.05, 3.63) is 54.1 Å². The molecule has 1 aliphatic heterocycles. The molecule has 7 nitrogen and oxygen atoms in total. The summed E-state index contributed by atoms with van der Waals surface area (Å²) in [6, 6.07) is 10.7. The standard InChI is InChI=1S/C19H23NO6S2/c1-13(2)14-6-8-17(9-7-14)28(25,26)20(15-4-3-5-16(21)10-15)18-11-27(23,24)12-19(18)22/h3-10,13,18-19,21-22H,11-12H2,1-2H3/t18-,19+/m1/s1. The summed E-state index contributed by atoms with van der Waals surface area (Å²) in [6.07, 6.45) is -1.36. The van der Waals surface area contributed by atoms with E-state index in [2.05, 4.69) is 0 Å². The molecule has 2 atom stereocenters. The molecule has 0 radical (unpaired) electrons. The van der Waals surface area contributed by atoms with Crippen LogP contribution in [0, 0.1) is 0 Å². The van der Waals surface area contributed by atoms with Gasteiger partial charge in [-0.1, -0.05) is 32.0 Å². The Balaban J connectivity index is 2.13. The predicted octanol–water partition coefficient (Wildman–Crippen LogP) is 1.87. The van der Waals surface area contributed by atoms with E-state index in [1.54, 1.807) is 12.1 Å². The maximum absolute atomic E-state index is 13.4. The number of sulfonamides is 1. The Kier molecular flexibility index (Phi) is 5.44. The van der Waals surface area contributed by atoms with Crippen LogP contribution in [-0.2, 0) is 19.9 Å². The number of benzene rings is 2. The Morgan fingerprint density at radius 2 is 1.71 bits per heavy atom. The van der Waals surface area contributed by atoms with E-state index in [9.17, 15) is 27.0 Å². The maximum atomic E-state index is 13.4. The smallest absolute Gasteiger partial charge is 0.264 e. The summed E-state index contributed by atoms with van der Waals surface area (Å²) in [4.78, 5) is -0.0169. The van der Waals surface area contributed by atoms with Crippen LogP contribution in [-0.4, -0.2) is 50.7 Å². The number of aromatic hydroxyl groups is 1. The lowest BCUT2D eigenvalue weighted by Crippen LogP contribution is -2.47. The lowest BCUT2D eigenvalue weighted by molar-refractivity contribution is 0.184. The quantitative estimate of drug-likeness (QED) is 0.756. The van der Waals surface area contributed by atoms with Crippen LogP contribution in [0.4, 0.5) is 5.69 Å². The molecule has 2 aromatic rings. The zero-order valence-electron chi connectivity index (χ0n) is 15.6. The van der Waals surface area contributed by atoms with E-state index in [0.29, 0.717) is 0 Å². The fraction of sp³-hybridized carbons (Fsp3) is 0.368. The van der Waals surface area contributed by atoms with Gasteiger partial charge in [-0.05, 0) is 35.7 Å². The van der Waals surface area contributed by atoms with Crippen LogP contribution < -0.4 is 4.31 Å². The largest absolute Gasteiger partial charge is 0.508 e. The molecular weight excluding hydrogens is 402 g/mol. The molecule has 3 rings (SSSR count). The molecule has 1 aliphatic rings. The minimum Gasteiger partial charge on any atom is -0.508 e. The average Bonchev–Trinajstić information content (AvgIpc) is 2.87. The van der Waals surface area contributed by atoms with Crippen molar-refractivity contribution in [3.8, 4) is 5.75 Å². The summed E-state index contributed by atoms with van der Waals surface area (Å²) in [5.41, 5.74) is 1.06. The number of nitrogens with zero attached hydrogens (tertiary/aromatic N) is 1. The zero-order chi connectivity index (χ0) is 20.7. The summed E-state index contributed by atoms with van der Waals surface area (Å²) >= 11 is 0. The normalized spacial score (nSPS) is 21.7. The van der Waals surface area contributed by atoms with E-state index in [1.807, 2.05) is 13.8 Å². The Hall–Kier alpha value is -2.10. The van der Waals surface area contributed by atoms with E-state index in [-0.39, 0.29) is 22.3 Å². The van der Waals surface area contributed by atoms with Crippen molar-refractivity contribution in [2.45, 2.75) is 36.8 Å². The SMILES string of the molecule is CC(C)c1ccc(S(=O)(=O)N(c2cccc(O)c2)[C@@H]2CS(=O)(=O)C[C@@H]2O)cc1. The fourth-order valence-electron chi connectivity index (χ4n) is 3.31. The molecule has 2 N–H and O–H groups in total. The van der Waals surface area contributed by atoms with Crippen LogP contribution in [0.1, 0.15) is 25.3 Å². The third-order valence-corrected chi connectivity index (χ3v) is 8.35. The summed E-state index contributed by atoms with van der Waals surface area (Å²) in [6.45, 7) is 3.98. The first-order valence-electron chi connectivity index (χ1n) is 8.83. The van der Waals surface area contributed by atoms with E-state index < -0.39 is 43.5 Å². The Labute approximate surface area is 165 Å². The van der Waals surface area contributed by atoms with Gasteiger partial charge >= 0.3 is 0 Å². The Morgan fingerprint density at radius 1 is 1.07 bits per heavy atom. The number of sulfone groups is 1. The van der Waals surface area contributed by atoms with Gasteiger partial charge in [-0.2, -0.15) is 0 Å². The molecule has 9 heteroatoms. The van der Waals surface area contributed by atoms with Crippen molar-refractivity contribution in [1.82, 2.24) is 0 Å². The molecular formula is C19H23NO6S2. The second-order valence-corrected chi connectivity index (χ2v) is 11.2. The monoisotopic (exact) mass is 425 g/mol. The number of rotatable bonds is 5. The van der Waals surface area contributed by atoms with Crippen molar-refractivity contribution >= 4 is 25.5 Å². The third-order valence-electron chi connectivity index (χ3n) is 4.78. The van der Waals surface area contributed by atoms with Gasteiger partial charge in [-0.3, -0.25) is 4.31 Å². The molecule has 0 aromatic heterocycles. The maximum Gasteiger partial charge on any atom is 0.264 e. The fourth-order valence-corrected chi connectivity index (χ4v) is 6.85. The van der Waals surface area contributed by atoms with Crippen molar-refractivity contribution < 1.29 is 27.0 Å². The minimum atomic E-state index is -4.18. The lowest BCUT2D eigenvalue weighted by Gasteiger charge is -2.31. The average molecular weight is 426 g/mol. The van der Waals surface area contributed by atoms with E-state index in [0.717, 1.165) is 9.87 Å². The Morgan fingerprint density at radius 3 is 2.21 bits per heavy atom. The highest BCUT2D eigenvalue weighted by Crippen LogP contribution is 2.33. The highest BCUT2D eigenvalue weighted by Gasteiger charge is 2.45. The molecule has 0 spiro atoms. The van der Waals surface area contributed by atoms with Gasteiger partial charge in [0.05, 0.1) is 34.2 Å². The number of phenols is 1. The molecule has 0 bridgehead atoms. The second-order valence-electron chi connectivity index (χ2n) is 7.26. The summed E-state index contributed by atoms with van der Waals surface area (Å²) in [7, 11) is -7.77. The molecule has 1 heterocycles. The predicted molar refractivity (Wildman–Crippen MR) is 107 cm³/mol. The highest BCUT2D eigenvalue weighted by molar-refractivity contribution is 7.93. The summed E-state index contributed by atoms with van der Waals surface area (Å²) < 4.78 is 51.7. The number of aliphatic hydroxyl groups excluding tert-OH is 1. The van der Waals surface area contributed by atoms with Crippen molar-refractivity contribution in [3.63, 3.8) is 0 Å². The molecule has 1 saturated heterocycles. The minimum absolute atomic E-state index is 0.0169. The van der Waals surface area contributed by atoms with Gasteiger partial charge in [0.1, 0.15) is 5.75 Å². The first-order valence-corrected chi connectivity index (χ1v) is 12.1. The van der Waals surface area contributed by atoms with Crippen LogP contribution in [0.25, 0.3) is 0 Å². The second kappa shape index (κ2) is 7.38. The first kappa shape index (κ1) is 20.6. The number of hydrogen-bond donors (Lipinski definition) is 2. The number of phenolic OH excluding ortho intramolecular Hbond substituents is 1. The topological polar surface area (TPSA) is 112 Å². The molecule has 152 valence electrons. The van der Waals surface area contributed by atoms with Crippen LogP contribution >= 0.6 is 0 Å². The van der Waals surface area contributed by atoms with Gasteiger partial charge in [0.25, 0.3) is 10.0 Å². The van der Waals surface area contributed by atoms with Gasteiger partial charge in [-0.25, -0.2) is 16.8 Å². The molecule has 0 unspecified atom stereocenters. The molecule has 1 fully saturated rings. The molecule has 0 amide bonds. The Bertz CT molecular complexity index is 1060. The van der Waals surface area contributed by atoms with Gasteiger partial charge < -0.3 is 10.2 Å². The first-order chi connectivity index (χ1) is 13.0. The molecule has 2 aromatic carbocycles. The van der Waals surface area contributed by atoms with E-state index in [1.165, 1.54) is 36.4 Å². The van der Waals surface area contributed by atoms with Crippen LogP contribution in [0.3, 0.4) is 0 Å². The van der Waals surface area contributed by atoms with Crippen molar-refractivity contribution in [1.29, 1.82) is 0 Å². The lowest BCUT2D eigenvalue weighted by atomic mass is 10.0. The van der Waals surface area contributed by atoms with Crippen LogP contribution in [0.2, 0.25) is 0 Å². The van der Waals surface area contributed by atoms with Gasteiger partial charge in [0.2, 0.25) is 0 Å². The third kappa shape index (κ3) is 4.01. The summed E-state index contributed by atoms with van der Waals surface area (Å²) in [5.74, 6) is -0.939. The van der Waals surface area contributed by atoms with E-state index >= 15 is 0 Å². The van der Waals surface area contributed by atoms with Crippen molar-refractivity contribution in [2.75, 3.05) is 15.8 Å². The summed E-state index contributed by atoms with van der Waals surface area (Å²) in [5, 5.41) is 20.1. The van der Waals surface area contributed by atoms with E-state index in [4.69, 9.17) is 0 Å². The van der Waals surface area contributed by atoms with Crippen molar-refractivity contribution in [2.24, 2.45) is 0 Å². The highest BCUT2D eigenvalue weighted by atomic mass is 32.2. The molecule has 28 heavy (non-hydrogen) atoms. The number of hydrogen-bond acceptors (Lipinski definition) is 6. The van der Waals surface area contributed by atoms with Gasteiger partial charge in [-0.15, -0.1) is 0 Å².